The third kappa shape index (κ3) is 30.3. The van der Waals surface area contributed by atoms with E-state index in [-0.39, 0.29) is 135 Å². The predicted octanol–water partition coefficient (Wildman–Crippen LogP) is 17.1. The predicted molar refractivity (Wildman–Crippen MR) is 413 cm³/mol. The van der Waals surface area contributed by atoms with Gasteiger partial charge in [-0.1, -0.05) is 85.5 Å². The van der Waals surface area contributed by atoms with Crippen molar-refractivity contribution < 1.29 is 95.0 Å². The Bertz CT molecular complexity index is 4480. The van der Waals surface area contributed by atoms with Crippen molar-refractivity contribution in [1.82, 2.24) is 30.7 Å². The summed E-state index contributed by atoms with van der Waals surface area (Å²) in [4.78, 5) is 88.9. The van der Waals surface area contributed by atoms with E-state index in [1.54, 1.807) is 0 Å². The Kier molecular flexibility index (Phi) is 41.1. The molecule has 11 rings (SSSR count). The maximum atomic E-state index is 13.7. The van der Waals surface area contributed by atoms with Crippen LogP contribution in [0.2, 0.25) is 0 Å². The van der Waals surface area contributed by atoms with Crippen LogP contribution in [-0.2, 0) is 28.8 Å². The summed E-state index contributed by atoms with van der Waals surface area (Å²) in [7, 11) is 0. The smallest absolute Gasteiger partial charge is 0.246 e. The molecule has 0 aliphatic carbocycles. The first kappa shape index (κ1) is 96.4. The molecule has 604 valence electrons. The number of ketones is 4. The highest BCUT2D eigenvalue weighted by Crippen LogP contribution is 2.28. The van der Waals surface area contributed by atoms with Gasteiger partial charge in [-0.15, -0.1) is 12.4 Å². The molecule has 0 radical (unpaired) electrons. The molecular formula is C85H87ClF14N6O7. The number of nitrogens with zero attached hydrogens (tertiary/aromatic N) is 3. The summed E-state index contributed by atoms with van der Waals surface area (Å²) < 4.78 is 184. The molecule has 0 atom stereocenters. The van der Waals surface area contributed by atoms with Gasteiger partial charge in [0.25, 0.3) is 0 Å². The van der Waals surface area contributed by atoms with E-state index in [0.717, 1.165) is 143 Å². The molecule has 4 aliphatic rings. The summed E-state index contributed by atoms with van der Waals surface area (Å²) >= 11 is 0. The second-order valence-corrected chi connectivity index (χ2v) is 24.6. The summed E-state index contributed by atoms with van der Waals surface area (Å²) in [5.41, 5.74) is 3.35. The summed E-state index contributed by atoms with van der Waals surface area (Å²) in [6.07, 6.45) is 11.7. The first-order chi connectivity index (χ1) is 52.5. The number of aldehydes is 1. The molecule has 0 bridgehead atoms. The topological polar surface area (TPSA) is 165 Å². The highest BCUT2D eigenvalue weighted by Gasteiger charge is 2.31. The molecule has 113 heavy (non-hydrogen) atoms. The lowest BCUT2D eigenvalue weighted by Crippen LogP contribution is -2.42. The van der Waals surface area contributed by atoms with Crippen molar-refractivity contribution in [2.75, 3.05) is 85.1 Å². The Labute approximate surface area is 653 Å². The fourth-order valence-electron chi connectivity index (χ4n) is 10.8. The summed E-state index contributed by atoms with van der Waals surface area (Å²) in [6.45, 7) is 18.2. The molecule has 0 unspecified atom stereocenters. The monoisotopic (exact) mass is 1600 g/mol. The molecule has 0 saturated carbocycles. The average Bonchev–Trinajstić information content (AvgIpc) is 0.814. The van der Waals surface area contributed by atoms with Gasteiger partial charge < -0.3 is 30.7 Å². The van der Waals surface area contributed by atoms with Gasteiger partial charge in [-0.3, -0.25) is 33.6 Å². The van der Waals surface area contributed by atoms with E-state index in [0.29, 0.717) is 40.9 Å². The van der Waals surface area contributed by atoms with Gasteiger partial charge in [-0.25, -0.2) is 61.5 Å². The second kappa shape index (κ2) is 48.2. The van der Waals surface area contributed by atoms with Crippen molar-refractivity contribution in [2.24, 2.45) is 0 Å². The Morgan fingerprint density at radius 3 is 0.912 bits per heavy atom. The molecule has 13 nitrogen and oxygen atoms in total. The number of amides is 2. The van der Waals surface area contributed by atoms with Crippen LogP contribution in [0, 0.1) is 81.4 Å². The standard InChI is InChI=1S/C26H26F4N2O2.C22H15F4NO2.C19H13F4NO.C7H4F2O.C5H9NO.C4H11N.2CH4.ClH/c1-3-31(4-2)10-9-25(33)32-15-19(11-17-5-7-21(27)23(29)13-17)26(34)20(16-32)12-18-6-8-22(28)24(30)14-18;1-2-21(28)27-11-15(7-13-3-5-17(23)19(25)9-13)22(29)16(12-27)8-14-4-6-18(24)20(26)10-14;20-15-3-1-11(7-17(15)22)5-13-9-24-10-14(19(13)25)6-12-2-4-16(21)18(23)8-12;8-6-2-1-5(4-10)3-7(6)9;7-5-1-3-6-4-2-5;1-3-5-4-2;;;/h5-8,11-14H,3-4,9-10,15-16H2,1-2H3;2-10H,1,11-12H2;1-8,24H,9-10H2;1-4H;6H,1-4H2;5H,3-4H2,1-2H3;2*1H4;1H/b19-11+,20-12+;15-7+,16-8+;13-5+,14-6+;;;;;;. The van der Waals surface area contributed by atoms with Gasteiger partial charge in [-0.2, -0.15) is 0 Å². The molecule has 7 aromatic rings. The number of halogens is 15. The average molecular weight is 1610 g/mol. The lowest BCUT2D eigenvalue weighted by atomic mass is 9.94. The van der Waals surface area contributed by atoms with E-state index in [9.17, 15) is 95.0 Å². The summed E-state index contributed by atoms with van der Waals surface area (Å²) in [5, 5.41) is 9.22. The van der Waals surface area contributed by atoms with E-state index in [1.807, 2.05) is 13.8 Å². The van der Waals surface area contributed by atoms with E-state index in [4.69, 9.17) is 0 Å². The van der Waals surface area contributed by atoms with Crippen molar-refractivity contribution in [3.63, 3.8) is 0 Å². The van der Waals surface area contributed by atoms with Crippen LogP contribution in [0.4, 0.5) is 61.5 Å². The second-order valence-electron chi connectivity index (χ2n) is 24.6. The van der Waals surface area contributed by atoms with Crippen molar-refractivity contribution in [3.05, 3.63) is 294 Å². The summed E-state index contributed by atoms with van der Waals surface area (Å²) in [6, 6.07) is 22.5. The molecule has 4 saturated heterocycles. The van der Waals surface area contributed by atoms with Gasteiger partial charge in [-0.05, 0) is 193 Å². The fourth-order valence-corrected chi connectivity index (χ4v) is 10.8. The van der Waals surface area contributed by atoms with Crippen LogP contribution in [0.3, 0.4) is 0 Å². The van der Waals surface area contributed by atoms with E-state index >= 15 is 0 Å². The highest BCUT2D eigenvalue weighted by atomic mass is 35.5. The third-order valence-corrected chi connectivity index (χ3v) is 16.6. The van der Waals surface area contributed by atoms with Crippen LogP contribution in [-0.4, -0.2) is 141 Å². The summed E-state index contributed by atoms with van der Waals surface area (Å²) in [5.74, 6) is -15.5. The highest BCUT2D eigenvalue weighted by molar-refractivity contribution is 6.17. The van der Waals surface area contributed by atoms with Crippen molar-refractivity contribution in [3.8, 4) is 0 Å². The van der Waals surface area contributed by atoms with E-state index in [1.165, 1.54) is 88.7 Å². The number of rotatable bonds is 15. The zero-order valence-electron chi connectivity index (χ0n) is 60.7. The largest absolute Gasteiger partial charge is 0.334 e. The van der Waals surface area contributed by atoms with Crippen molar-refractivity contribution in [2.45, 2.75) is 61.8 Å². The molecular weight excluding hydrogens is 1520 g/mol. The number of likely N-dealkylation sites (tertiary alicyclic amines) is 2. The number of hydrogen-bond acceptors (Lipinski definition) is 11. The van der Waals surface area contributed by atoms with Gasteiger partial charge in [0.2, 0.25) is 11.8 Å². The minimum atomic E-state index is -1.07. The number of carbonyl (C=O) groups excluding carboxylic acids is 7. The molecule has 0 spiro atoms. The molecule has 7 aromatic carbocycles. The zero-order chi connectivity index (χ0) is 80.7. The van der Waals surface area contributed by atoms with Crippen LogP contribution < -0.4 is 16.0 Å². The maximum absolute atomic E-state index is 13.7. The lowest BCUT2D eigenvalue weighted by Gasteiger charge is -2.31. The molecule has 4 heterocycles. The van der Waals surface area contributed by atoms with Gasteiger partial charge in [0.15, 0.2) is 98.8 Å². The normalized spacial score (nSPS) is 16.0. The first-order valence-corrected chi connectivity index (χ1v) is 34.5. The Morgan fingerprint density at radius 2 is 0.673 bits per heavy atom. The molecule has 2 amide bonds. The third-order valence-electron chi connectivity index (χ3n) is 16.6. The molecule has 4 fully saturated rings. The lowest BCUT2D eigenvalue weighted by molar-refractivity contribution is -0.132. The molecule has 0 aromatic heterocycles. The maximum Gasteiger partial charge on any atom is 0.246 e. The fraction of sp³-hybridized carbons (Fsp3) is 0.259. The van der Waals surface area contributed by atoms with Crippen LogP contribution in [0.25, 0.3) is 36.5 Å². The van der Waals surface area contributed by atoms with Gasteiger partial charge >= 0.3 is 0 Å². The minimum Gasteiger partial charge on any atom is -0.334 e. The Balaban J connectivity index is 0.000000383. The van der Waals surface area contributed by atoms with E-state index in [2.05, 4.69) is 41.3 Å². The number of piperidine rings is 4. The first-order valence-electron chi connectivity index (χ1n) is 34.5. The Hall–Kier alpha value is -10.8. The Morgan fingerprint density at radius 1 is 0.407 bits per heavy atom. The van der Waals surface area contributed by atoms with Gasteiger partial charge in [0.1, 0.15) is 12.1 Å². The number of hydrogen-bond donors (Lipinski definition) is 3. The van der Waals surface area contributed by atoms with Crippen LogP contribution in [0.1, 0.15) is 106 Å². The molecule has 4 aliphatic heterocycles. The van der Waals surface area contributed by atoms with Gasteiger partial charge in [0, 0.05) is 104 Å². The number of Topliss-reactive ketones (excluding diaryl/α,β-unsaturated/α-hetero) is 4. The number of benzene rings is 7. The molecule has 3 N–H and O–H groups in total. The van der Waals surface area contributed by atoms with Crippen LogP contribution >= 0.6 is 12.4 Å². The van der Waals surface area contributed by atoms with Crippen molar-refractivity contribution >= 4 is 90.1 Å². The van der Waals surface area contributed by atoms with Crippen LogP contribution in [0.15, 0.2) is 173 Å². The number of nitrogens with one attached hydrogen (secondary N) is 3. The van der Waals surface area contributed by atoms with Crippen molar-refractivity contribution in [1.29, 1.82) is 0 Å². The molecule has 28 heteroatoms. The zero-order valence-corrected chi connectivity index (χ0v) is 61.5. The minimum absolute atomic E-state index is 0. The van der Waals surface area contributed by atoms with Gasteiger partial charge in [0.05, 0.1) is 13.1 Å². The SMILES string of the molecule is C.C.C=CC(=O)N1C/C(=C\c2ccc(F)c(F)c2)C(=O)/C(=C/c2ccc(F)c(F)c2)C1.CCN(CC)CCC(=O)N1C/C(=C\c2ccc(F)c(F)c2)C(=O)/C(=C/c2ccc(F)c(F)c2)C1.CCNCC.Cl.O=C1/C(=C/c2ccc(F)c(F)c2)CNC/C1=C\c1ccc(F)c(F)c1.O=C1CCNCC1.O=Cc1ccc(F)c(F)c1. The quantitative estimate of drug-likeness (QED) is 0.0508. The number of carbonyl (C=O) groups is 7. The van der Waals surface area contributed by atoms with E-state index < -0.39 is 98.9 Å². The van der Waals surface area contributed by atoms with Crippen LogP contribution in [0.5, 0.6) is 0 Å².